The molecule has 0 aliphatic rings. The molecule has 0 atom stereocenters. The first-order chi connectivity index (χ1) is 9.58. The van der Waals surface area contributed by atoms with E-state index in [1.807, 2.05) is 32.0 Å². The minimum Gasteiger partial charge on any atom is -0.491 e. The minimum atomic E-state index is 0.198. The van der Waals surface area contributed by atoms with Gasteiger partial charge in [0.2, 0.25) is 0 Å². The van der Waals surface area contributed by atoms with E-state index >= 15 is 0 Å². The lowest BCUT2D eigenvalue weighted by Gasteiger charge is -2.13. The average molecular weight is 273 g/mol. The molecule has 108 valence electrons. The number of benzene rings is 1. The molecule has 0 saturated carbocycles. The predicted octanol–water partition coefficient (Wildman–Crippen LogP) is 4.55. The van der Waals surface area contributed by atoms with Crippen molar-refractivity contribution in [2.75, 3.05) is 5.32 Å². The molecule has 0 unspecified atom stereocenters. The Bertz CT molecular complexity index is 558. The number of aryl methyl sites for hydroxylation is 2. The topological polar surface area (TPSA) is 34.4 Å². The van der Waals surface area contributed by atoms with Crippen molar-refractivity contribution in [2.24, 2.45) is 0 Å². The summed E-state index contributed by atoms with van der Waals surface area (Å²) in [5, 5.41) is 3.40. The first-order valence-corrected chi connectivity index (χ1v) is 7.17. The number of nitrogens with one attached hydrogen (secondary N) is 1. The van der Waals surface area contributed by atoms with E-state index < -0.39 is 0 Å². The largest absolute Gasteiger partial charge is 0.491 e. The molecule has 0 aliphatic carbocycles. The summed E-state index contributed by atoms with van der Waals surface area (Å²) in [6.07, 6.45) is 1.13. The smallest absolute Gasteiger partial charge is 0.123 e. The van der Waals surface area contributed by atoms with Crippen molar-refractivity contribution in [3.05, 3.63) is 47.4 Å². The number of anilines is 1. The van der Waals surface area contributed by atoms with Gasteiger partial charge in [-0.1, -0.05) is 6.92 Å². The standard InChI is InChI=1S/C17H23NO2/c1-5-14-6-7-16(20-14)11-18-17-9-8-15(10-13(17)4)19-12(2)3/h6-10,12,18H,5,11H2,1-4H3. The molecule has 1 heterocycles. The number of ether oxygens (including phenoxy) is 1. The van der Waals surface area contributed by atoms with Crippen LogP contribution in [0.1, 0.15) is 37.9 Å². The highest BCUT2D eigenvalue weighted by atomic mass is 16.5. The second-order valence-corrected chi connectivity index (χ2v) is 5.22. The SMILES string of the molecule is CCc1ccc(CNc2ccc(OC(C)C)cc2C)o1. The summed E-state index contributed by atoms with van der Waals surface area (Å²) < 4.78 is 11.4. The first kappa shape index (κ1) is 14.5. The van der Waals surface area contributed by atoms with Crippen LogP contribution in [0.5, 0.6) is 5.75 Å². The molecule has 3 heteroatoms. The quantitative estimate of drug-likeness (QED) is 0.838. The van der Waals surface area contributed by atoms with Crippen LogP contribution < -0.4 is 10.1 Å². The summed E-state index contributed by atoms with van der Waals surface area (Å²) in [5.74, 6) is 2.90. The molecule has 1 aromatic carbocycles. The molecule has 0 saturated heterocycles. The Hall–Kier alpha value is -1.90. The van der Waals surface area contributed by atoms with E-state index in [0.717, 1.165) is 29.4 Å². The molecule has 2 rings (SSSR count). The zero-order valence-electron chi connectivity index (χ0n) is 12.7. The molecule has 0 amide bonds. The minimum absolute atomic E-state index is 0.198. The highest BCUT2D eigenvalue weighted by Gasteiger charge is 2.04. The van der Waals surface area contributed by atoms with Crippen molar-refractivity contribution in [3.8, 4) is 5.75 Å². The molecule has 2 aromatic rings. The summed E-state index contributed by atoms with van der Waals surface area (Å²) in [5.41, 5.74) is 2.28. The molecular formula is C17H23NO2. The lowest BCUT2D eigenvalue weighted by molar-refractivity contribution is 0.242. The summed E-state index contributed by atoms with van der Waals surface area (Å²) in [6, 6.07) is 10.2. The van der Waals surface area contributed by atoms with Crippen LogP contribution in [0, 0.1) is 6.92 Å². The maximum absolute atomic E-state index is 5.68. The van der Waals surface area contributed by atoms with Gasteiger partial charge >= 0.3 is 0 Å². The van der Waals surface area contributed by atoms with Gasteiger partial charge in [-0.25, -0.2) is 0 Å². The van der Waals surface area contributed by atoms with Crippen LogP contribution in [0.4, 0.5) is 5.69 Å². The third-order valence-corrected chi connectivity index (χ3v) is 3.09. The van der Waals surface area contributed by atoms with Crippen molar-refractivity contribution in [3.63, 3.8) is 0 Å². The van der Waals surface area contributed by atoms with Gasteiger partial charge in [-0.2, -0.15) is 0 Å². The lowest BCUT2D eigenvalue weighted by Crippen LogP contribution is -2.06. The monoisotopic (exact) mass is 273 g/mol. The molecule has 1 aromatic heterocycles. The van der Waals surface area contributed by atoms with Crippen molar-refractivity contribution in [1.29, 1.82) is 0 Å². The Kier molecular flexibility index (Phi) is 4.72. The summed E-state index contributed by atoms with van der Waals surface area (Å²) in [4.78, 5) is 0. The molecule has 3 nitrogen and oxygen atoms in total. The van der Waals surface area contributed by atoms with Crippen LogP contribution in [0.25, 0.3) is 0 Å². The Balaban J connectivity index is 1.99. The molecule has 0 aliphatic heterocycles. The summed E-state index contributed by atoms with van der Waals surface area (Å²) in [6.45, 7) is 8.93. The molecule has 0 radical (unpaired) electrons. The van der Waals surface area contributed by atoms with Gasteiger partial charge in [-0.05, 0) is 56.7 Å². The first-order valence-electron chi connectivity index (χ1n) is 7.17. The van der Waals surface area contributed by atoms with Crippen LogP contribution >= 0.6 is 0 Å². The third kappa shape index (κ3) is 3.80. The van der Waals surface area contributed by atoms with Crippen molar-refractivity contribution >= 4 is 5.69 Å². The maximum atomic E-state index is 5.68. The Morgan fingerprint density at radius 2 is 1.90 bits per heavy atom. The number of furan rings is 1. The van der Waals surface area contributed by atoms with Crippen molar-refractivity contribution in [1.82, 2.24) is 0 Å². The van der Waals surface area contributed by atoms with Crippen molar-refractivity contribution < 1.29 is 9.15 Å². The Morgan fingerprint density at radius 1 is 1.15 bits per heavy atom. The lowest BCUT2D eigenvalue weighted by atomic mass is 10.2. The Morgan fingerprint density at radius 3 is 2.50 bits per heavy atom. The van der Waals surface area contributed by atoms with Gasteiger partial charge in [-0.15, -0.1) is 0 Å². The molecule has 0 spiro atoms. The number of hydrogen-bond donors (Lipinski definition) is 1. The van der Waals surface area contributed by atoms with Gasteiger partial charge in [0.25, 0.3) is 0 Å². The molecule has 1 N–H and O–H groups in total. The zero-order valence-corrected chi connectivity index (χ0v) is 12.7. The van der Waals surface area contributed by atoms with Gasteiger partial charge in [0, 0.05) is 12.1 Å². The second-order valence-electron chi connectivity index (χ2n) is 5.22. The van der Waals surface area contributed by atoms with Gasteiger partial charge < -0.3 is 14.5 Å². The van der Waals surface area contributed by atoms with Crippen LogP contribution in [-0.2, 0) is 13.0 Å². The van der Waals surface area contributed by atoms with E-state index in [9.17, 15) is 0 Å². The highest BCUT2D eigenvalue weighted by Crippen LogP contribution is 2.23. The molecule has 20 heavy (non-hydrogen) atoms. The van der Waals surface area contributed by atoms with E-state index in [1.54, 1.807) is 0 Å². The van der Waals surface area contributed by atoms with E-state index in [4.69, 9.17) is 9.15 Å². The molecular weight excluding hydrogens is 250 g/mol. The van der Waals surface area contributed by atoms with E-state index in [2.05, 4.69) is 31.3 Å². The summed E-state index contributed by atoms with van der Waals surface area (Å²) in [7, 11) is 0. The highest BCUT2D eigenvalue weighted by molar-refractivity contribution is 5.53. The average Bonchev–Trinajstić information content (AvgIpc) is 2.85. The van der Waals surface area contributed by atoms with E-state index in [1.165, 1.54) is 5.56 Å². The summed E-state index contributed by atoms with van der Waals surface area (Å²) >= 11 is 0. The molecule has 0 fully saturated rings. The number of hydrogen-bond acceptors (Lipinski definition) is 3. The van der Waals surface area contributed by atoms with Crippen LogP contribution in [-0.4, -0.2) is 6.10 Å². The second kappa shape index (κ2) is 6.51. The van der Waals surface area contributed by atoms with E-state index in [0.29, 0.717) is 6.54 Å². The normalized spacial score (nSPS) is 10.8. The van der Waals surface area contributed by atoms with Crippen molar-refractivity contribution in [2.45, 2.75) is 46.8 Å². The fourth-order valence-electron chi connectivity index (χ4n) is 2.07. The third-order valence-electron chi connectivity index (χ3n) is 3.09. The van der Waals surface area contributed by atoms with Crippen LogP contribution in [0.3, 0.4) is 0 Å². The molecule has 0 bridgehead atoms. The predicted molar refractivity (Wildman–Crippen MR) is 82.4 cm³/mol. The fraction of sp³-hybridized carbons (Fsp3) is 0.412. The van der Waals surface area contributed by atoms with Crippen LogP contribution in [0.2, 0.25) is 0 Å². The van der Waals surface area contributed by atoms with Crippen LogP contribution in [0.15, 0.2) is 34.7 Å². The number of rotatable bonds is 6. The zero-order chi connectivity index (χ0) is 14.5. The van der Waals surface area contributed by atoms with Gasteiger partial charge in [0.05, 0.1) is 12.6 Å². The van der Waals surface area contributed by atoms with E-state index in [-0.39, 0.29) is 6.10 Å². The fourth-order valence-corrected chi connectivity index (χ4v) is 2.07. The van der Waals surface area contributed by atoms with Gasteiger partial charge in [-0.3, -0.25) is 0 Å². The van der Waals surface area contributed by atoms with Gasteiger partial charge in [0.15, 0.2) is 0 Å². The maximum Gasteiger partial charge on any atom is 0.123 e. The van der Waals surface area contributed by atoms with Gasteiger partial charge in [0.1, 0.15) is 17.3 Å². The Labute approximate surface area is 121 Å².